The molecule has 43 heavy (non-hydrogen) atoms. The van der Waals surface area contributed by atoms with Gasteiger partial charge in [-0.3, -0.25) is 19.4 Å². The molecule has 3 amide bonds. The van der Waals surface area contributed by atoms with Crippen LogP contribution in [0.3, 0.4) is 0 Å². The van der Waals surface area contributed by atoms with Crippen molar-refractivity contribution >= 4 is 29.7 Å². The zero-order valence-corrected chi connectivity index (χ0v) is 24.2. The number of guanidine groups is 1. The summed E-state index contributed by atoms with van der Waals surface area (Å²) in [4.78, 5) is 55.3. The van der Waals surface area contributed by atoms with E-state index in [-0.39, 0.29) is 49.7 Å². The van der Waals surface area contributed by atoms with Gasteiger partial charge in [-0.1, -0.05) is 38.1 Å². The number of phenols is 2. The first kappa shape index (κ1) is 34.4. The summed E-state index contributed by atoms with van der Waals surface area (Å²) in [5, 5.41) is 36.5. The molecule has 0 spiro atoms. The maximum Gasteiger partial charge on any atom is 0.326 e. The third-order valence-electron chi connectivity index (χ3n) is 6.54. The summed E-state index contributed by atoms with van der Waals surface area (Å²) < 4.78 is 0. The Morgan fingerprint density at radius 2 is 1.28 bits per heavy atom. The van der Waals surface area contributed by atoms with Gasteiger partial charge in [-0.2, -0.15) is 0 Å². The number of carbonyl (C=O) groups excluding carboxylic acids is 3. The van der Waals surface area contributed by atoms with Gasteiger partial charge in [0.2, 0.25) is 17.7 Å². The van der Waals surface area contributed by atoms with Crippen molar-refractivity contribution in [2.75, 3.05) is 6.54 Å². The molecule has 14 nitrogen and oxygen atoms in total. The van der Waals surface area contributed by atoms with Gasteiger partial charge in [-0.15, -0.1) is 0 Å². The highest BCUT2D eigenvalue weighted by Gasteiger charge is 2.32. The van der Waals surface area contributed by atoms with Gasteiger partial charge in [0.25, 0.3) is 0 Å². The molecule has 4 unspecified atom stereocenters. The first-order valence-electron chi connectivity index (χ1n) is 13.8. The normalized spacial score (nSPS) is 13.7. The summed E-state index contributed by atoms with van der Waals surface area (Å²) in [6.07, 6.45) is 0.429. The molecule has 0 saturated heterocycles. The first-order chi connectivity index (χ1) is 20.3. The molecule has 4 atom stereocenters. The van der Waals surface area contributed by atoms with Gasteiger partial charge in [0.1, 0.15) is 29.6 Å². The molecule has 0 radical (unpaired) electrons. The fraction of sp³-hybridized carbons (Fsp3) is 0.414. The Bertz CT molecular complexity index is 1260. The van der Waals surface area contributed by atoms with Gasteiger partial charge in [0, 0.05) is 13.0 Å². The molecule has 2 rings (SSSR count). The number of rotatable bonds is 16. The number of carboxylic acids is 1. The lowest BCUT2D eigenvalue weighted by atomic mass is 9.99. The van der Waals surface area contributed by atoms with Gasteiger partial charge in [-0.05, 0) is 60.6 Å². The number of carboxylic acid groups (broad SMARTS) is 1. The number of carbonyl (C=O) groups is 4. The van der Waals surface area contributed by atoms with E-state index in [0.717, 1.165) is 0 Å². The summed E-state index contributed by atoms with van der Waals surface area (Å²) in [7, 11) is 0. The second-order valence-electron chi connectivity index (χ2n) is 10.5. The van der Waals surface area contributed by atoms with Crippen molar-refractivity contribution in [2.24, 2.45) is 28.1 Å². The molecule has 0 saturated carbocycles. The maximum atomic E-state index is 13.4. The van der Waals surface area contributed by atoms with E-state index in [1.54, 1.807) is 38.1 Å². The van der Waals surface area contributed by atoms with Crippen LogP contribution < -0.4 is 33.2 Å². The van der Waals surface area contributed by atoms with Crippen LogP contribution in [0.1, 0.15) is 37.8 Å². The van der Waals surface area contributed by atoms with Crippen LogP contribution in [-0.2, 0) is 32.0 Å². The Hall–Kier alpha value is -4.85. The number of nitrogens with one attached hydrogen (secondary N) is 3. The summed E-state index contributed by atoms with van der Waals surface area (Å²) in [6, 6.07) is 7.62. The Balaban J connectivity index is 2.18. The van der Waals surface area contributed by atoms with Crippen LogP contribution in [0.15, 0.2) is 53.5 Å². The van der Waals surface area contributed by atoms with Crippen molar-refractivity contribution in [3.8, 4) is 11.5 Å². The number of aliphatic imine (C=N–C) groups is 1. The molecule has 0 aliphatic carbocycles. The van der Waals surface area contributed by atoms with Crippen LogP contribution in [-0.4, -0.2) is 75.7 Å². The average Bonchev–Trinajstić information content (AvgIpc) is 2.94. The minimum Gasteiger partial charge on any atom is -0.508 e. The van der Waals surface area contributed by atoms with Gasteiger partial charge in [0.05, 0.1) is 6.04 Å². The average molecular weight is 600 g/mol. The van der Waals surface area contributed by atoms with Crippen LogP contribution in [0.4, 0.5) is 0 Å². The van der Waals surface area contributed by atoms with Crippen molar-refractivity contribution in [3.63, 3.8) is 0 Å². The third-order valence-corrected chi connectivity index (χ3v) is 6.54. The van der Waals surface area contributed by atoms with E-state index in [1.807, 2.05) is 0 Å². The van der Waals surface area contributed by atoms with E-state index in [0.29, 0.717) is 11.1 Å². The lowest BCUT2D eigenvalue weighted by molar-refractivity contribution is -0.142. The number of aliphatic carboxylic acids is 1. The quantitative estimate of drug-likeness (QED) is 0.0676. The van der Waals surface area contributed by atoms with Gasteiger partial charge in [-0.25, -0.2) is 4.79 Å². The smallest absolute Gasteiger partial charge is 0.326 e. The number of amides is 3. The highest BCUT2D eigenvalue weighted by molar-refractivity contribution is 5.94. The molecule has 234 valence electrons. The molecule has 0 heterocycles. The van der Waals surface area contributed by atoms with E-state index < -0.39 is 53.8 Å². The summed E-state index contributed by atoms with van der Waals surface area (Å²) in [5.41, 5.74) is 18.0. The van der Waals surface area contributed by atoms with E-state index in [4.69, 9.17) is 17.2 Å². The number of nitrogens with two attached hydrogens (primary N) is 3. The molecule has 12 N–H and O–H groups in total. The van der Waals surface area contributed by atoms with E-state index in [1.165, 1.54) is 24.3 Å². The van der Waals surface area contributed by atoms with E-state index in [2.05, 4.69) is 20.9 Å². The fourth-order valence-electron chi connectivity index (χ4n) is 4.15. The molecule has 0 fully saturated rings. The van der Waals surface area contributed by atoms with Crippen LogP contribution >= 0.6 is 0 Å². The van der Waals surface area contributed by atoms with E-state index >= 15 is 0 Å². The summed E-state index contributed by atoms with van der Waals surface area (Å²) in [6.45, 7) is 3.59. The Kier molecular flexibility index (Phi) is 13.2. The number of nitrogens with zero attached hydrogens (tertiary/aromatic N) is 1. The zero-order valence-electron chi connectivity index (χ0n) is 24.2. The fourth-order valence-corrected chi connectivity index (χ4v) is 4.15. The SMILES string of the molecule is CC(C)C(NC(=O)C(N)Cc1ccc(O)cc1)C(=O)NC(Cc1ccc(O)cc1)C(=O)NC(CCCN=C(N)N)C(=O)O. The van der Waals surface area contributed by atoms with Crippen molar-refractivity contribution in [1.29, 1.82) is 0 Å². The predicted octanol–water partition coefficient (Wildman–Crippen LogP) is -0.541. The molecule has 0 aliphatic rings. The monoisotopic (exact) mass is 599 g/mol. The van der Waals surface area contributed by atoms with Crippen molar-refractivity contribution in [3.05, 3.63) is 59.7 Å². The van der Waals surface area contributed by atoms with Crippen LogP contribution in [0.5, 0.6) is 11.5 Å². The van der Waals surface area contributed by atoms with Gasteiger partial charge < -0.3 is 48.5 Å². The number of hydrogen-bond acceptors (Lipinski definition) is 8. The lowest BCUT2D eigenvalue weighted by Crippen LogP contribution is -2.59. The highest BCUT2D eigenvalue weighted by Crippen LogP contribution is 2.14. The number of aromatic hydroxyl groups is 2. The standard InChI is InChI=1S/C29H41N7O7/c1-16(2)24(36-25(39)21(30)14-17-5-9-19(37)10-6-17)27(41)35-23(15-18-7-11-20(38)12-8-18)26(40)34-22(28(42)43)4-3-13-33-29(31)32/h5-12,16,21-24,37-38H,3-4,13-15,30H2,1-2H3,(H,34,40)(H,35,41)(H,36,39)(H,42,43)(H4,31,32,33). The molecular formula is C29H41N7O7. The molecule has 0 bridgehead atoms. The van der Waals surface area contributed by atoms with E-state index in [9.17, 15) is 34.5 Å². The maximum absolute atomic E-state index is 13.4. The van der Waals surface area contributed by atoms with Crippen molar-refractivity contribution < 1.29 is 34.5 Å². The number of phenolic OH excluding ortho intramolecular Hbond substituents is 2. The first-order valence-corrected chi connectivity index (χ1v) is 13.8. The lowest BCUT2D eigenvalue weighted by Gasteiger charge is -2.27. The molecule has 14 heteroatoms. The molecule has 0 aliphatic heterocycles. The van der Waals surface area contributed by atoms with Gasteiger partial charge in [0.15, 0.2) is 5.96 Å². The van der Waals surface area contributed by atoms with Crippen LogP contribution in [0.25, 0.3) is 0 Å². The number of hydrogen-bond donors (Lipinski definition) is 9. The zero-order chi connectivity index (χ0) is 32.1. The second kappa shape index (κ2) is 16.6. The summed E-state index contributed by atoms with van der Waals surface area (Å²) >= 11 is 0. The highest BCUT2D eigenvalue weighted by atomic mass is 16.4. The number of benzene rings is 2. The minimum atomic E-state index is -1.28. The van der Waals surface area contributed by atoms with Gasteiger partial charge >= 0.3 is 5.97 Å². The third kappa shape index (κ3) is 11.9. The Labute approximate surface area is 249 Å². The molecule has 2 aromatic rings. The second-order valence-corrected chi connectivity index (χ2v) is 10.5. The Morgan fingerprint density at radius 3 is 1.77 bits per heavy atom. The minimum absolute atomic E-state index is 0.00623. The van der Waals surface area contributed by atoms with Crippen molar-refractivity contribution in [1.82, 2.24) is 16.0 Å². The van der Waals surface area contributed by atoms with Crippen molar-refractivity contribution in [2.45, 2.75) is 63.7 Å². The topological polar surface area (TPSA) is 255 Å². The van der Waals surface area contributed by atoms with Crippen LogP contribution in [0, 0.1) is 5.92 Å². The Morgan fingerprint density at radius 1 is 0.767 bits per heavy atom. The molecule has 0 aromatic heterocycles. The predicted molar refractivity (Wildman–Crippen MR) is 160 cm³/mol. The molecule has 2 aromatic carbocycles. The molecular weight excluding hydrogens is 558 g/mol. The van der Waals surface area contributed by atoms with Crippen LogP contribution in [0.2, 0.25) is 0 Å². The summed E-state index contributed by atoms with van der Waals surface area (Å²) in [5.74, 6) is -3.75. The largest absolute Gasteiger partial charge is 0.508 e.